The van der Waals surface area contributed by atoms with Gasteiger partial charge in [-0.3, -0.25) is 9.58 Å². The minimum Gasteiger partial charge on any atom is -0.390 e. The van der Waals surface area contributed by atoms with Gasteiger partial charge >= 0.3 is 0 Å². The van der Waals surface area contributed by atoms with Crippen molar-refractivity contribution in [3.05, 3.63) is 53.9 Å². The third-order valence-electron chi connectivity index (χ3n) is 4.09. The lowest BCUT2D eigenvalue weighted by Crippen LogP contribution is -2.34. The maximum Gasteiger partial charge on any atom is 0.0862 e. The average molecular weight is 271 g/mol. The lowest BCUT2D eigenvalue weighted by Gasteiger charge is -2.27. The Balaban J connectivity index is 1.61. The number of benzene rings is 1. The zero-order chi connectivity index (χ0) is 13.9. The van der Waals surface area contributed by atoms with Gasteiger partial charge in [-0.15, -0.1) is 0 Å². The highest BCUT2D eigenvalue weighted by molar-refractivity contribution is 5.34. The van der Waals surface area contributed by atoms with Gasteiger partial charge in [0.1, 0.15) is 0 Å². The van der Waals surface area contributed by atoms with Crippen molar-refractivity contribution in [2.24, 2.45) is 0 Å². The first-order chi connectivity index (χ1) is 9.74. The predicted octanol–water partition coefficient (Wildman–Crippen LogP) is 1.86. The van der Waals surface area contributed by atoms with E-state index in [9.17, 15) is 5.11 Å². The quantitative estimate of drug-likeness (QED) is 0.902. The smallest absolute Gasteiger partial charge is 0.0862 e. The molecule has 106 valence electrons. The van der Waals surface area contributed by atoms with Crippen molar-refractivity contribution in [2.75, 3.05) is 13.6 Å². The Morgan fingerprint density at radius 2 is 2.25 bits per heavy atom. The van der Waals surface area contributed by atoms with E-state index < -0.39 is 6.10 Å². The summed E-state index contributed by atoms with van der Waals surface area (Å²) in [6, 6.07) is 10.9. The van der Waals surface area contributed by atoms with Crippen LogP contribution < -0.4 is 0 Å². The largest absolute Gasteiger partial charge is 0.390 e. The fourth-order valence-electron chi connectivity index (χ4n) is 3.13. The third-order valence-corrected chi connectivity index (χ3v) is 4.09. The summed E-state index contributed by atoms with van der Waals surface area (Å²) >= 11 is 0. The normalized spacial score (nSPS) is 19.2. The van der Waals surface area contributed by atoms with Crippen LogP contribution in [0.1, 0.15) is 23.6 Å². The van der Waals surface area contributed by atoms with E-state index in [2.05, 4.69) is 41.3 Å². The van der Waals surface area contributed by atoms with Crippen LogP contribution in [0.3, 0.4) is 0 Å². The Morgan fingerprint density at radius 3 is 3.05 bits per heavy atom. The zero-order valence-electron chi connectivity index (χ0n) is 11.8. The van der Waals surface area contributed by atoms with Gasteiger partial charge in [-0.05, 0) is 37.1 Å². The molecule has 0 spiro atoms. The van der Waals surface area contributed by atoms with Gasteiger partial charge in [0.2, 0.25) is 0 Å². The molecule has 1 aromatic carbocycles. The second kappa shape index (κ2) is 5.77. The Morgan fingerprint density at radius 1 is 1.40 bits per heavy atom. The van der Waals surface area contributed by atoms with Crippen molar-refractivity contribution in [1.29, 1.82) is 0 Å². The average Bonchev–Trinajstić information content (AvgIpc) is 3.07. The SMILES string of the molecule is CN(C[C@H](O)Cn1cccn1)[C@@H]1CCc2ccccc21. The molecule has 1 aliphatic carbocycles. The maximum absolute atomic E-state index is 10.2. The maximum atomic E-state index is 10.2. The van der Waals surface area contributed by atoms with E-state index in [0.717, 1.165) is 12.8 Å². The minimum atomic E-state index is -0.396. The van der Waals surface area contributed by atoms with Crippen LogP contribution in [0.15, 0.2) is 42.7 Å². The van der Waals surface area contributed by atoms with Crippen molar-refractivity contribution in [2.45, 2.75) is 31.5 Å². The van der Waals surface area contributed by atoms with E-state index in [1.807, 2.05) is 12.3 Å². The lowest BCUT2D eigenvalue weighted by molar-refractivity contribution is 0.0876. The van der Waals surface area contributed by atoms with E-state index in [1.165, 1.54) is 11.1 Å². The summed E-state index contributed by atoms with van der Waals surface area (Å²) in [7, 11) is 2.10. The molecule has 0 radical (unpaired) electrons. The molecule has 0 amide bonds. The molecule has 0 saturated carbocycles. The number of likely N-dealkylation sites (N-methyl/N-ethyl adjacent to an activating group) is 1. The van der Waals surface area contributed by atoms with Gasteiger partial charge in [0.25, 0.3) is 0 Å². The van der Waals surface area contributed by atoms with Gasteiger partial charge in [-0.2, -0.15) is 5.10 Å². The molecule has 1 aliphatic rings. The third kappa shape index (κ3) is 2.76. The summed E-state index contributed by atoms with van der Waals surface area (Å²) in [5.74, 6) is 0. The molecule has 20 heavy (non-hydrogen) atoms. The van der Waals surface area contributed by atoms with Crippen LogP contribution in [0.25, 0.3) is 0 Å². The summed E-state index contributed by atoms with van der Waals surface area (Å²) in [6.45, 7) is 1.21. The van der Waals surface area contributed by atoms with E-state index in [1.54, 1.807) is 10.9 Å². The Bertz CT molecular complexity index is 553. The molecular formula is C16H21N3O. The lowest BCUT2D eigenvalue weighted by atomic mass is 10.1. The number of fused-ring (bicyclic) bond motifs is 1. The van der Waals surface area contributed by atoms with Crippen LogP contribution in [0.2, 0.25) is 0 Å². The van der Waals surface area contributed by atoms with E-state index in [4.69, 9.17) is 0 Å². The number of aliphatic hydroxyl groups is 1. The summed E-state index contributed by atoms with van der Waals surface area (Å²) in [4.78, 5) is 2.26. The minimum absolute atomic E-state index is 0.396. The Hall–Kier alpha value is -1.65. The van der Waals surface area contributed by atoms with Gasteiger partial charge in [-0.25, -0.2) is 0 Å². The number of aryl methyl sites for hydroxylation is 1. The fourth-order valence-corrected chi connectivity index (χ4v) is 3.13. The highest BCUT2D eigenvalue weighted by Crippen LogP contribution is 2.34. The number of aliphatic hydroxyl groups excluding tert-OH is 1. The first-order valence-electron chi connectivity index (χ1n) is 7.17. The van der Waals surface area contributed by atoms with Crippen LogP contribution in [-0.2, 0) is 13.0 Å². The number of aromatic nitrogens is 2. The molecule has 4 nitrogen and oxygen atoms in total. The molecule has 0 fully saturated rings. The van der Waals surface area contributed by atoms with Gasteiger partial charge in [-0.1, -0.05) is 24.3 Å². The van der Waals surface area contributed by atoms with Crippen molar-refractivity contribution in [3.8, 4) is 0 Å². The van der Waals surface area contributed by atoms with Gasteiger partial charge < -0.3 is 5.11 Å². The fraction of sp³-hybridized carbons (Fsp3) is 0.438. The summed E-state index contributed by atoms with van der Waals surface area (Å²) in [5.41, 5.74) is 2.87. The molecule has 0 unspecified atom stereocenters. The Labute approximate surface area is 119 Å². The first kappa shape index (κ1) is 13.3. The molecule has 4 heteroatoms. The molecule has 2 aromatic rings. The van der Waals surface area contributed by atoms with E-state index in [-0.39, 0.29) is 0 Å². The molecular weight excluding hydrogens is 250 g/mol. The molecule has 3 rings (SSSR count). The highest BCUT2D eigenvalue weighted by atomic mass is 16.3. The molecule has 1 aromatic heterocycles. The highest BCUT2D eigenvalue weighted by Gasteiger charge is 2.26. The second-order valence-electron chi connectivity index (χ2n) is 5.57. The topological polar surface area (TPSA) is 41.3 Å². The van der Waals surface area contributed by atoms with Crippen LogP contribution in [0.5, 0.6) is 0 Å². The molecule has 2 atom stereocenters. The molecule has 0 bridgehead atoms. The summed E-state index contributed by atoms with van der Waals surface area (Å²) in [5, 5.41) is 14.3. The van der Waals surface area contributed by atoms with E-state index in [0.29, 0.717) is 19.1 Å². The van der Waals surface area contributed by atoms with Gasteiger partial charge in [0, 0.05) is 25.0 Å². The van der Waals surface area contributed by atoms with E-state index >= 15 is 0 Å². The summed E-state index contributed by atoms with van der Waals surface area (Å²) in [6.07, 6.45) is 5.51. The van der Waals surface area contributed by atoms with Crippen molar-refractivity contribution in [3.63, 3.8) is 0 Å². The standard InChI is InChI=1S/C16H21N3O/c1-18(11-14(20)12-19-10-4-9-17-19)16-8-7-13-5-2-3-6-15(13)16/h2-6,9-10,14,16,20H,7-8,11-12H2,1H3/t14-,16+/m0/s1. The zero-order valence-corrected chi connectivity index (χ0v) is 11.8. The molecule has 1 heterocycles. The monoisotopic (exact) mass is 271 g/mol. The van der Waals surface area contributed by atoms with Crippen LogP contribution >= 0.6 is 0 Å². The van der Waals surface area contributed by atoms with Gasteiger partial charge in [0.05, 0.1) is 12.6 Å². The molecule has 0 saturated heterocycles. The Kier molecular flexibility index (Phi) is 3.85. The van der Waals surface area contributed by atoms with Crippen LogP contribution in [0.4, 0.5) is 0 Å². The number of rotatable bonds is 5. The number of nitrogens with zero attached hydrogens (tertiary/aromatic N) is 3. The van der Waals surface area contributed by atoms with Crippen LogP contribution in [-0.4, -0.2) is 39.5 Å². The van der Waals surface area contributed by atoms with Crippen molar-refractivity contribution >= 4 is 0 Å². The van der Waals surface area contributed by atoms with Gasteiger partial charge in [0.15, 0.2) is 0 Å². The number of hydrogen-bond acceptors (Lipinski definition) is 3. The first-order valence-corrected chi connectivity index (χ1v) is 7.17. The second-order valence-corrected chi connectivity index (χ2v) is 5.57. The predicted molar refractivity (Wildman–Crippen MR) is 78.4 cm³/mol. The number of hydrogen-bond donors (Lipinski definition) is 1. The molecule has 0 aliphatic heterocycles. The summed E-state index contributed by atoms with van der Waals surface area (Å²) < 4.78 is 1.78. The van der Waals surface area contributed by atoms with Crippen molar-refractivity contribution < 1.29 is 5.11 Å². The van der Waals surface area contributed by atoms with Crippen molar-refractivity contribution in [1.82, 2.24) is 14.7 Å². The molecule has 1 N–H and O–H groups in total. The van der Waals surface area contributed by atoms with Crippen LogP contribution in [0, 0.1) is 0 Å².